The minimum absolute atomic E-state index is 0.109. The maximum atomic E-state index is 12.9. The maximum absolute atomic E-state index is 12.9. The molecule has 1 atom stereocenters. The average molecular weight is 1110 g/mol. The summed E-state index contributed by atoms with van der Waals surface area (Å²) in [5.41, 5.74) is 0. The number of hydrogen-bond acceptors (Lipinski definition) is 6. The molecule has 0 N–H and O–H groups in total. The monoisotopic (exact) mass is 1100 g/mol. The zero-order valence-corrected chi connectivity index (χ0v) is 51.8. The second kappa shape index (κ2) is 66.8. The van der Waals surface area contributed by atoms with E-state index in [-0.39, 0.29) is 37.5 Å². The fourth-order valence-corrected chi connectivity index (χ4v) is 8.73. The summed E-state index contributed by atoms with van der Waals surface area (Å²) in [6.45, 7) is 6.32. The lowest BCUT2D eigenvalue weighted by atomic mass is 10.0. The van der Waals surface area contributed by atoms with E-state index in [1.807, 2.05) is 6.08 Å². The fourth-order valence-electron chi connectivity index (χ4n) is 8.73. The first-order valence-corrected chi connectivity index (χ1v) is 32.8. The quantitative estimate of drug-likeness (QED) is 0.0261. The molecule has 0 aromatic carbocycles. The standard InChI is InChI=1S/C74H120O6/c1-4-7-10-13-16-19-22-25-27-29-30-31-32-33-34-35-36-37-38-39-40-41-42-43-44-45-47-49-52-55-58-61-64-67-73(76)79-70-71(69-78-72(75)66-63-60-57-54-51-48-24-21-18-15-12-9-6-3)80-74(77)68-65-62-59-56-53-50-46-28-26-23-20-17-14-11-8-5-2/h7,9-10,12,16,18-21,23,25,27-28,30-31,33-34,36-37,46,48,51,57,60,71H,4-6,8,11,13-15,17,22,24,26,29,32,35,38-45,47,49-50,52-56,58-59,61-70H2,1-3H3/b10-7-,12-9-,19-16-,21-18-,23-20-,27-25-,31-30-,34-33-,37-36-,46-28-,51-48-,60-57-. The Morgan fingerprint density at radius 3 is 0.838 bits per heavy atom. The molecule has 0 saturated carbocycles. The third kappa shape index (κ3) is 64.1. The Hall–Kier alpha value is -4.71. The summed E-state index contributed by atoms with van der Waals surface area (Å²) in [4.78, 5) is 38.2. The molecule has 0 aromatic rings. The Labute approximate surface area is 493 Å². The van der Waals surface area contributed by atoms with Gasteiger partial charge in [0.05, 0.1) is 0 Å². The Morgan fingerprint density at radius 1 is 0.263 bits per heavy atom. The highest BCUT2D eigenvalue weighted by atomic mass is 16.6. The number of carbonyl (C=O) groups excluding carboxylic acids is 3. The zero-order valence-electron chi connectivity index (χ0n) is 51.8. The summed E-state index contributed by atoms with van der Waals surface area (Å²) in [6.07, 6.45) is 96.0. The number of carbonyl (C=O) groups is 3. The van der Waals surface area contributed by atoms with E-state index in [4.69, 9.17) is 14.2 Å². The second-order valence-corrected chi connectivity index (χ2v) is 21.3. The molecule has 0 spiro atoms. The summed E-state index contributed by atoms with van der Waals surface area (Å²) in [5.74, 6) is -1.01. The van der Waals surface area contributed by atoms with Gasteiger partial charge in [0.15, 0.2) is 6.10 Å². The van der Waals surface area contributed by atoms with E-state index >= 15 is 0 Å². The molecule has 0 fully saturated rings. The summed E-state index contributed by atoms with van der Waals surface area (Å²) >= 11 is 0. The minimum atomic E-state index is -0.819. The normalized spacial score (nSPS) is 13.1. The van der Waals surface area contributed by atoms with Crippen LogP contribution >= 0.6 is 0 Å². The first kappa shape index (κ1) is 75.3. The van der Waals surface area contributed by atoms with Crippen molar-refractivity contribution in [2.75, 3.05) is 13.2 Å². The molecule has 0 saturated heterocycles. The van der Waals surface area contributed by atoms with Gasteiger partial charge in [-0.15, -0.1) is 0 Å². The van der Waals surface area contributed by atoms with Crippen LogP contribution in [-0.4, -0.2) is 37.2 Å². The van der Waals surface area contributed by atoms with Crippen LogP contribution in [0.4, 0.5) is 0 Å². The van der Waals surface area contributed by atoms with Crippen molar-refractivity contribution in [3.63, 3.8) is 0 Å². The zero-order chi connectivity index (χ0) is 57.8. The largest absolute Gasteiger partial charge is 0.462 e. The minimum Gasteiger partial charge on any atom is -0.462 e. The van der Waals surface area contributed by atoms with Crippen molar-refractivity contribution in [3.05, 3.63) is 146 Å². The summed E-state index contributed by atoms with van der Waals surface area (Å²) in [7, 11) is 0. The predicted octanol–water partition coefficient (Wildman–Crippen LogP) is 22.7. The van der Waals surface area contributed by atoms with Crippen molar-refractivity contribution in [1.29, 1.82) is 0 Å². The van der Waals surface area contributed by atoms with Crippen LogP contribution in [0.25, 0.3) is 0 Å². The summed E-state index contributed by atoms with van der Waals surface area (Å²) in [5, 5.41) is 0. The van der Waals surface area contributed by atoms with Gasteiger partial charge in [-0.2, -0.15) is 0 Å². The van der Waals surface area contributed by atoms with Gasteiger partial charge >= 0.3 is 17.9 Å². The van der Waals surface area contributed by atoms with Crippen molar-refractivity contribution >= 4 is 17.9 Å². The van der Waals surface area contributed by atoms with E-state index in [0.29, 0.717) is 19.3 Å². The van der Waals surface area contributed by atoms with Crippen LogP contribution in [0.1, 0.15) is 284 Å². The van der Waals surface area contributed by atoms with Crippen LogP contribution < -0.4 is 0 Å². The van der Waals surface area contributed by atoms with Crippen molar-refractivity contribution in [1.82, 2.24) is 0 Å². The van der Waals surface area contributed by atoms with Gasteiger partial charge in [0.25, 0.3) is 0 Å². The molecular formula is C74H120O6. The topological polar surface area (TPSA) is 78.9 Å². The van der Waals surface area contributed by atoms with E-state index in [0.717, 1.165) is 128 Å². The van der Waals surface area contributed by atoms with Gasteiger partial charge in [-0.3, -0.25) is 14.4 Å². The van der Waals surface area contributed by atoms with Gasteiger partial charge in [-0.1, -0.05) is 282 Å². The van der Waals surface area contributed by atoms with Gasteiger partial charge in [0, 0.05) is 19.3 Å². The van der Waals surface area contributed by atoms with Crippen LogP contribution in [0.15, 0.2) is 146 Å². The van der Waals surface area contributed by atoms with Gasteiger partial charge in [-0.05, 0) is 128 Å². The van der Waals surface area contributed by atoms with Gasteiger partial charge in [-0.25, -0.2) is 0 Å². The van der Waals surface area contributed by atoms with Crippen LogP contribution in [0.2, 0.25) is 0 Å². The third-order valence-electron chi connectivity index (χ3n) is 13.6. The molecule has 0 aliphatic heterocycles. The van der Waals surface area contributed by atoms with E-state index < -0.39 is 6.10 Å². The molecule has 6 heteroatoms. The molecule has 0 amide bonds. The molecule has 80 heavy (non-hydrogen) atoms. The summed E-state index contributed by atoms with van der Waals surface area (Å²) in [6, 6.07) is 0. The number of ether oxygens (including phenoxy) is 3. The highest BCUT2D eigenvalue weighted by Crippen LogP contribution is 2.16. The third-order valence-corrected chi connectivity index (χ3v) is 13.6. The Bertz CT molecular complexity index is 1750. The SMILES string of the molecule is CC/C=C\C/C=C\C/C=C\C/C=C\C/C=C\C/C=C\CCCCCCCCCCCCCCCCC(=O)OCC(COC(=O)CC/C=C\C/C=C\C/C=C\C/C=C\CC)OC(=O)CCCCCCC/C=C\C/C=C\CCCCCC. The summed E-state index contributed by atoms with van der Waals surface area (Å²) < 4.78 is 16.8. The van der Waals surface area contributed by atoms with Crippen LogP contribution in [0.3, 0.4) is 0 Å². The van der Waals surface area contributed by atoms with E-state index in [1.54, 1.807) is 0 Å². The molecule has 452 valence electrons. The van der Waals surface area contributed by atoms with Gasteiger partial charge in [0.2, 0.25) is 0 Å². The highest BCUT2D eigenvalue weighted by molar-refractivity contribution is 5.71. The molecule has 0 rings (SSSR count). The van der Waals surface area contributed by atoms with E-state index in [9.17, 15) is 14.4 Å². The molecule has 0 radical (unpaired) electrons. The molecule has 0 bridgehead atoms. The molecule has 0 heterocycles. The van der Waals surface area contributed by atoms with E-state index in [1.165, 1.54) is 109 Å². The Balaban J connectivity index is 4.26. The smallest absolute Gasteiger partial charge is 0.306 e. The molecule has 0 aromatic heterocycles. The maximum Gasteiger partial charge on any atom is 0.306 e. The van der Waals surface area contributed by atoms with Crippen LogP contribution in [0.5, 0.6) is 0 Å². The molecule has 1 unspecified atom stereocenters. The van der Waals surface area contributed by atoms with Crippen molar-refractivity contribution in [2.45, 2.75) is 290 Å². The fraction of sp³-hybridized carbons (Fsp3) is 0.635. The lowest BCUT2D eigenvalue weighted by Gasteiger charge is -2.18. The van der Waals surface area contributed by atoms with Crippen molar-refractivity contribution in [2.24, 2.45) is 0 Å². The number of rotatable bonds is 58. The number of allylic oxidation sites excluding steroid dienone is 24. The average Bonchev–Trinajstić information content (AvgIpc) is 3.46. The second-order valence-electron chi connectivity index (χ2n) is 21.3. The molecule has 0 aliphatic rings. The number of hydrogen-bond donors (Lipinski definition) is 0. The van der Waals surface area contributed by atoms with Crippen molar-refractivity contribution < 1.29 is 28.6 Å². The van der Waals surface area contributed by atoms with Gasteiger partial charge < -0.3 is 14.2 Å². The first-order chi connectivity index (χ1) is 39.5. The predicted molar refractivity (Wildman–Crippen MR) is 348 cm³/mol. The lowest BCUT2D eigenvalue weighted by Crippen LogP contribution is -2.30. The van der Waals surface area contributed by atoms with E-state index in [2.05, 4.69) is 161 Å². The molecule has 6 nitrogen and oxygen atoms in total. The molecule has 0 aliphatic carbocycles. The number of esters is 3. The number of unbranched alkanes of at least 4 members (excludes halogenated alkanes) is 23. The Morgan fingerprint density at radius 2 is 0.512 bits per heavy atom. The lowest BCUT2D eigenvalue weighted by molar-refractivity contribution is -0.166. The van der Waals surface area contributed by atoms with Crippen LogP contribution in [-0.2, 0) is 28.6 Å². The first-order valence-electron chi connectivity index (χ1n) is 32.8. The highest BCUT2D eigenvalue weighted by Gasteiger charge is 2.19. The van der Waals surface area contributed by atoms with Crippen LogP contribution in [0, 0.1) is 0 Å². The van der Waals surface area contributed by atoms with Gasteiger partial charge in [0.1, 0.15) is 13.2 Å². The Kier molecular flexibility index (Phi) is 62.9. The van der Waals surface area contributed by atoms with Crippen molar-refractivity contribution in [3.8, 4) is 0 Å². The molecular weight excluding hydrogens is 985 g/mol.